The van der Waals surface area contributed by atoms with Crippen LogP contribution in [-0.2, 0) is 19.4 Å². The first-order valence-corrected chi connectivity index (χ1v) is 9.70. The number of hydrogen-bond donors (Lipinski definition) is 0. The third-order valence-electron chi connectivity index (χ3n) is 4.31. The van der Waals surface area contributed by atoms with Gasteiger partial charge in [-0.3, -0.25) is 0 Å². The predicted molar refractivity (Wildman–Crippen MR) is 99.6 cm³/mol. The maximum absolute atomic E-state index is 4.67. The molecule has 0 atom stereocenters. The molecule has 1 aliphatic carbocycles. The second kappa shape index (κ2) is 6.42. The Hall–Kier alpha value is -1.72. The van der Waals surface area contributed by atoms with Crippen LogP contribution in [0.25, 0.3) is 10.2 Å². The topological polar surface area (TPSA) is 29.0 Å². The van der Waals surface area contributed by atoms with Gasteiger partial charge in [-0.05, 0) is 42.7 Å². The summed E-state index contributed by atoms with van der Waals surface area (Å²) < 4.78 is 0. The lowest BCUT2D eigenvalue weighted by Crippen LogP contribution is -2.23. The summed E-state index contributed by atoms with van der Waals surface area (Å²) in [6.07, 6.45) is 8.61. The normalized spacial score (nSPS) is 13.9. The smallest absolute Gasteiger partial charge is 0.141 e. The molecular formula is C18H19N3S2. The van der Waals surface area contributed by atoms with Crippen LogP contribution in [0.1, 0.15) is 28.2 Å². The minimum Gasteiger partial charge on any atom is -0.347 e. The lowest BCUT2D eigenvalue weighted by atomic mass is 9.97. The molecule has 4 rings (SSSR count). The van der Waals surface area contributed by atoms with Gasteiger partial charge in [0.2, 0.25) is 0 Å². The van der Waals surface area contributed by atoms with Crippen LogP contribution in [0.15, 0.2) is 36.5 Å². The minimum absolute atomic E-state index is 0.800. The predicted octanol–water partition coefficient (Wildman–Crippen LogP) is 4.82. The molecule has 0 saturated heterocycles. The van der Waals surface area contributed by atoms with Crippen molar-refractivity contribution in [3.05, 3.63) is 51.8 Å². The van der Waals surface area contributed by atoms with Gasteiger partial charge in [-0.1, -0.05) is 12.1 Å². The minimum atomic E-state index is 0.800. The standard InChI is InChI=1S/C18H19N3S2/c1-2-9-21(11-13-6-5-10-22-13)17-16-14-7-3-4-8-15(14)23-18(16)20-12-19-17/h2,5-6,10,12H,1,3-4,7-9,11H2. The van der Waals surface area contributed by atoms with Crippen molar-refractivity contribution in [3.8, 4) is 0 Å². The van der Waals surface area contributed by atoms with Crippen molar-refractivity contribution >= 4 is 38.7 Å². The molecule has 1 aliphatic rings. The number of hydrogen-bond acceptors (Lipinski definition) is 5. The molecule has 0 N–H and O–H groups in total. The zero-order valence-corrected chi connectivity index (χ0v) is 14.6. The van der Waals surface area contributed by atoms with E-state index in [4.69, 9.17) is 0 Å². The quantitative estimate of drug-likeness (QED) is 0.623. The van der Waals surface area contributed by atoms with Crippen LogP contribution in [-0.4, -0.2) is 16.5 Å². The first-order chi connectivity index (χ1) is 11.4. The molecule has 3 heterocycles. The maximum atomic E-state index is 4.67. The van der Waals surface area contributed by atoms with Crippen LogP contribution in [0.4, 0.5) is 5.82 Å². The third kappa shape index (κ3) is 2.79. The monoisotopic (exact) mass is 341 g/mol. The second-order valence-corrected chi connectivity index (χ2v) is 7.95. The Kier molecular flexibility index (Phi) is 4.14. The van der Waals surface area contributed by atoms with Crippen molar-refractivity contribution in [2.45, 2.75) is 32.2 Å². The first kappa shape index (κ1) is 14.8. The average Bonchev–Trinajstić information content (AvgIpc) is 3.21. The van der Waals surface area contributed by atoms with Crippen LogP contribution in [0.5, 0.6) is 0 Å². The van der Waals surface area contributed by atoms with Crippen molar-refractivity contribution in [2.24, 2.45) is 0 Å². The van der Waals surface area contributed by atoms with Crippen LogP contribution in [0, 0.1) is 0 Å². The number of fused-ring (bicyclic) bond motifs is 3. The van der Waals surface area contributed by atoms with Crippen LogP contribution in [0.2, 0.25) is 0 Å². The summed E-state index contributed by atoms with van der Waals surface area (Å²) in [5.74, 6) is 1.07. The maximum Gasteiger partial charge on any atom is 0.141 e. The number of rotatable bonds is 5. The fourth-order valence-electron chi connectivity index (χ4n) is 3.29. The molecule has 0 aliphatic heterocycles. The van der Waals surface area contributed by atoms with Gasteiger partial charge in [0.25, 0.3) is 0 Å². The molecular weight excluding hydrogens is 322 g/mol. The molecule has 3 aromatic heterocycles. The fourth-order valence-corrected chi connectivity index (χ4v) is 5.23. The summed E-state index contributed by atoms with van der Waals surface area (Å²) in [7, 11) is 0. The molecule has 0 fully saturated rings. The number of thiophene rings is 2. The number of aryl methyl sites for hydroxylation is 2. The van der Waals surface area contributed by atoms with Gasteiger partial charge < -0.3 is 4.90 Å². The summed E-state index contributed by atoms with van der Waals surface area (Å²) in [5, 5.41) is 3.41. The Morgan fingerprint density at radius 2 is 2.17 bits per heavy atom. The van der Waals surface area contributed by atoms with Gasteiger partial charge in [-0.15, -0.1) is 29.3 Å². The van der Waals surface area contributed by atoms with Crippen LogP contribution < -0.4 is 4.90 Å². The van der Waals surface area contributed by atoms with Gasteiger partial charge >= 0.3 is 0 Å². The summed E-state index contributed by atoms with van der Waals surface area (Å²) in [4.78, 5) is 15.5. The van der Waals surface area contributed by atoms with E-state index in [0.29, 0.717) is 0 Å². The highest BCUT2D eigenvalue weighted by Gasteiger charge is 2.22. The summed E-state index contributed by atoms with van der Waals surface area (Å²) in [6, 6.07) is 4.29. The van der Waals surface area contributed by atoms with Gasteiger partial charge in [0.05, 0.1) is 11.9 Å². The number of nitrogens with zero attached hydrogens (tertiary/aromatic N) is 3. The number of anilines is 1. The zero-order chi connectivity index (χ0) is 15.6. The van der Waals surface area contributed by atoms with E-state index in [1.165, 1.54) is 40.0 Å². The molecule has 3 aromatic rings. The Labute approximate surface area is 144 Å². The molecule has 0 bridgehead atoms. The first-order valence-electron chi connectivity index (χ1n) is 8.00. The fraction of sp³-hybridized carbons (Fsp3) is 0.333. The third-order valence-corrected chi connectivity index (χ3v) is 6.37. The summed E-state index contributed by atoms with van der Waals surface area (Å²) in [6.45, 7) is 5.61. The Morgan fingerprint density at radius 3 is 3.00 bits per heavy atom. The van der Waals surface area contributed by atoms with E-state index < -0.39 is 0 Å². The molecule has 0 amide bonds. The van der Waals surface area contributed by atoms with E-state index in [9.17, 15) is 0 Å². The van der Waals surface area contributed by atoms with Gasteiger partial charge in [0, 0.05) is 16.3 Å². The molecule has 0 spiro atoms. The van der Waals surface area contributed by atoms with E-state index in [0.717, 1.165) is 30.2 Å². The molecule has 23 heavy (non-hydrogen) atoms. The van der Waals surface area contributed by atoms with Crippen molar-refractivity contribution in [3.63, 3.8) is 0 Å². The van der Waals surface area contributed by atoms with Crippen LogP contribution >= 0.6 is 22.7 Å². The second-order valence-electron chi connectivity index (χ2n) is 5.84. The molecule has 5 heteroatoms. The summed E-state index contributed by atoms with van der Waals surface area (Å²) >= 11 is 3.65. The summed E-state index contributed by atoms with van der Waals surface area (Å²) in [5.41, 5.74) is 1.49. The molecule has 3 nitrogen and oxygen atoms in total. The van der Waals surface area contributed by atoms with E-state index in [1.54, 1.807) is 17.7 Å². The van der Waals surface area contributed by atoms with Gasteiger partial charge in [-0.2, -0.15) is 0 Å². The van der Waals surface area contributed by atoms with E-state index >= 15 is 0 Å². The lowest BCUT2D eigenvalue weighted by molar-refractivity contribution is 0.700. The Bertz CT molecular complexity index is 820. The van der Waals surface area contributed by atoms with Crippen LogP contribution in [0.3, 0.4) is 0 Å². The SMILES string of the molecule is C=CCN(Cc1cccs1)c1ncnc2sc3c(c12)CCCC3. The van der Waals surface area contributed by atoms with Crippen molar-refractivity contribution in [1.29, 1.82) is 0 Å². The van der Waals surface area contributed by atoms with Crippen molar-refractivity contribution in [2.75, 3.05) is 11.4 Å². The highest BCUT2D eigenvalue weighted by atomic mass is 32.1. The zero-order valence-electron chi connectivity index (χ0n) is 13.0. The van der Waals surface area contributed by atoms with Crippen molar-refractivity contribution < 1.29 is 0 Å². The van der Waals surface area contributed by atoms with Gasteiger partial charge in [-0.25, -0.2) is 9.97 Å². The molecule has 118 valence electrons. The average molecular weight is 342 g/mol. The van der Waals surface area contributed by atoms with E-state index in [2.05, 4.69) is 39.0 Å². The lowest BCUT2D eigenvalue weighted by Gasteiger charge is -2.23. The molecule has 0 aromatic carbocycles. The Balaban J connectivity index is 1.81. The largest absolute Gasteiger partial charge is 0.347 e. The molecule has 0 unspecified atom stereocenters. The Morgan fingerprint density at radius 1 is 1.26 bits per heavy atom. The van der Waals surface area contributed by atoms with Gasteiger partial charge in [0.1, 0.15) is 17.0 Å². The highest BCUT2D eigenvalue weighted by Crippen LogP contribution is 2.39. The van der Waals surface area contributed by atoms with E-state index in [1.807, 2.05) is 17.4 Å². The van der Waals surface area contributed by atoms with Gasteiger partial charge in [0.15, 0.2) is 0 Å². The van der Waals surface area contributed by atoms with Crippen molar-refractivity contribution in [1.82, 2.24) is 9.97 Å². The highest BCUT2D eigenvalue weighted by molar-refractivity contribution is 7.19. The molecule has 0 saturated carbocycles. The molecule has 0 radical (unpaired) electrons. The van der Waals surface area contributed by atoms with E-state index in [-0.39, 0.29) is 0 Å². The number of aromatic nitrogens is 2.